The number of anilines is 1. The van der Waals surface area contributed by atoms with Crippen molar-refractivity contribution in [2.24, 2.45) is 0 Å². The van der Waals surface area contributed by atoms with Crippen LogP contribution in [0.15, 0.2) is 34.9 Å². The van der Waals surface area contributed by atoms with Crippen LogP contribution in [0.4, 0.5) is 10.5 Å². The topological polar surface area (TPSA) is 104 Å². The van der Waals surface area contributed by atoms with Crippen LogP contribution in [0.1, 0.15) is 17.2 Å². The average Bonchev–Trinajstić information content (AvgIpc) is 2.84. The molecule has 0 saturated heterocycles. The second-order valence-corrected chi connectivity index (χ2v) is 4.44. The van der Waals surface area contributed by atoms with Gasteiger partial charge in [0.05, 0.1) is 19.2 Å². The smallest absolute Gasteiger partial charge is 0.319 e. The molecule has 7 heteroatoms. The molecule has 0 saturated carbocycles. The number of carboxylic acids is 1. The van der Waals surface area contributed by atoms with Crippen molar-refractivity contribution in [2.45, 2.75) is 19.9 Å². The number of carbonyl (C=O) groups excluding carboxylic acids is 1. The van der Waals surface area contributed by atoms with E-state index in [-0.39, 0.29) is 13.0 Å². The van der Waals surface area contributed by atoms with Gasteiger partial charge in [0, 0.05) is 5.69 Å². The van der Waals surface area contributed by atoms with Crippen molar-refractivity contribution in [3.05, 3.63) is 47.7 Å². The summed E-state index contributed by atoms with van der Waals surface area (Å²) in [5.74, 6) is 0.218. The zero-order valence-electron chi connectivity index (χ0n) is 11.4. The molecule has 0 fully saturated rings. The standard InChI is InChI=1S/C14H15N3O4/c1-9-7-15-12(21-9)8-16-14(20)17-11-4-2-10(3-5-11)6-13(18)19/h2-5,7H,6,8H2,1H3,(H,18,19)(H2,16,17,20). The van der Waals surface area contributed by atoms with E-state index in [1.54, 1.807) is 37.4 Å². The summed E-state index contributed by atoms with van der Waals surface area (Å²) >= 11 is 0. The minimum absolute atomic E-state index is 0.0456. The van der Waals surface area contributed by atoms with Crippen molar-refractivity contribution >= 4 is 17.7 Å². The van der Waals surface area contributed by atoms with Gasteiger partial charge >= 0.3 is 12.0 Å². The molecule has 2 rings (SSSR count). The molecule has 21 heavy (non-hydrogen) atoms. The van der Waals surface area contributed by atoms with Gasteiger partial charge in [0.2, 0.25) is 5.89 Å². The number of aromatic nitrogens is 1. The molecule has 1 aromatic carbocycles. The van der Waals surface area contributed by atoms with Crippen LogP contribution in [0.3, 0.4) is 0 Å². The molecule has 0 aliphatic carbocycles. The molecule has 1 aromatic heterocycles. The summed E-state index contributed by atoms with van der Waals surface area (Å²) in [5, 5.41) is 13.9. The Morgan fingerprint density at radius 3 is 2.57 bits per heavy atom. The predicted octanol–water partition coefficient (Wildman–Crippen LogP) is 1.93. The van der Waals surface area contributed by atoms with Gasteiger partial charge in [-0.1, -0.05) is 12.1 Å². The van der Waals surface area contributed by atoms with Gasteiger partial charge in [-0.15, -0.1) is 0 Å². The van der Waals surface area contributed by atoms with Gasteiger partial charge in [-0.3, -0.25) is 4.79 Å². The Hall–Kier alpha value is -2.83. The van der Waals surface area contributed by atoms with Crippen LogP contribution in [-0.4, -0.2) is 22.1 Å². The molecule has 0 aliphatic rings. The van der Waals surface area contributed by atoms with Crippen molar-refractivity contribution in [2.75, 3.05) is 5.32 Å². The highest BCUT2D eigenvalue weighted by Gasteiger charge is 2.05. The molecule has 110 valence electrons. The molecule has 0 unspecified atom stereocenters. The normalized spacial score (nSPS) is 10.1. The Morgan fingerprint density at radius 1 is 1.29 bits per heavy atom. The number of rotatable bonds is 5. The summed E-state index contributed by atoms with van der Waals surface area (Å²) in [7, 11) is 0. The number of nitrogens with one attached hydrogen (secondary N) is 2. The van der Waals surface area contributed by atoms with Gasteiger partial charge < -0.3 is 20.2 Å². The van der Waals surface area contributed by atoms with Gasteiger partial charge in [-0.05, 0) is 24.6 Å². The summed E-state index contributed by atoms with van der Waals surface area (Å²) in [6, 6.07) is 6.21. The molecule has 0 aliphatic heterocycles. The van der Waals surface area contributed by atoms with Crippen LogP contribution < -0.4 is 10.6 Å². The van der Waals surface area contributed by atoms with Crippen LogP contribution in [0.5, 0.6) is 0 Å². The molecule has 7 nitrogen and oxygen atoms in total. The van der Waals surface area contributed by atoms with E-state index in [1.807, 2.05) is 0 Å². The minimum atomic E-state index is -0.894. The first-order valence-electron chi connectivity index (χ1n) is 6.30. The SMILES string of the molecule is Cc1cnc(CNC(=O)Nc2ccc(CC(=O)O)cc2)o1. The largest absolute Gasteiger partial charge is 0.481 e. The van der Waals surface area contributed by atoms with Crippen LogP contribution >= 0.6 is 0 Å². The van der Waals surface area contributed by atoms with Crippen molar-refractivity contribution in [1.82, 2.24) is 10.3 Å². The lowest BCUT2D eigenvalue weighted by Crippen LogP contribution is -2.28. The first-order valence-corrected chi connectivity index (χ1v) is 6.30. The van der Waals surface area contributed by atoms with Crippen molar-refractivity contribution in [3.8, 4) is 0 Å². The van der Waals surface area contributed by atoms with E-state index in [0.29, 0.717) is 22.9 Å². The molecule has 0 bridgehead atoms. The Labute approximate surface area is 121 Å². The maximum Gasteiger partial charge on any atom is 0.319 e. The van der Waals surface area contributed by atoms with Gasteiger partial charge in [0.1, 0.15) is 5.76 Å². The monoisotopic (exact) mass is 289 g/mol. The van der Waals surface area contributed by atoms with E-state index in [2.05, 4.69) is 15.6 Å². The van der Waals surface area contributed by atoms with E-state index in [1.165, 1.54) is 0 Å². The third-order valence-electron chi connectivity index (χ3n) is 2.64. The molecular weight excluding hydrogens is 274 g/mol. The second-order valence-electron chi connectivity index (χ2n) is 4.44. The first kappa shape index (κ1) is 14.6. The quantitative estimate of drug-likeness (QED) is 0.780. The number of urea groups is 1. The number of nitrogens with zero attached hydrogens (tertiary/aromatic N) is 1. The van der Waals surface area contributed by atoms with Crippen LogP contribution in [0, 0.1) is 6.92 Å². The fourth-order valence-corrected chi connectivity index (χ4v) is 1.69. The van der Waals surface area contributed by atoms with Gasteiger partial charge in [0.15, 0.2) is 0 Å². The highest BCUT2D eigenvalue weighted by Crippen LogP contribution is 2.10. The Bertz CT molecular complexity index is 634. The minimum Gasteiger partial charge on any atom is -0.481 e. The summed E-state index contributed by atoms with van der Waals surface area (Å²) < 4.78 is 5.23. The Balaban J connectivity index is 1.83. The number of hydrogen-bond acceptors (Lipinski definition) is 4. The van der Waals surface area contributed by atoms with Gasteiger partial charge in [0.25, 0.3) is 0 Å². The molecule has 0 atom stereocenters. The maximum absolute atomic E-state index is 11.7. The second kappa shape index (κ2) is 6.56. The van der Waals surface area contributed by atoms with Crippen LogP contribution in [0.25, 0.3) is 0 Å². The van der Waals surface area contributed by atoms with Crippen molar-refractivity contribution < 1.29 is 19.1 Å². The van der Waals surface area contributed by atoms with Crippen LogP contribution in [0.2, 0.25) is 0 Å². The summed E-state index contributed by atoms with van der Waals surface area (Å²) in [6.45, 7) is 1.96. The van der Waals surface area contributed by atoms with E-state index in [4.69, 9.17) is 9.52 Å². The summed E-state index contributed by atoms with van der Waals surface area (Å²) in [4.78, 5) is 26.2. The molecular formula is C14H15N3O4. The molecule has 0 spiro atoms. The highest BCUT2D eigenvalue weighted by atomic mass is 16.4. The first-order chi connectivity index (χ1) is 10.0. The number of aryl methyl sites for hydroxylation is 1. The van der Waals surface area contributed by atoms with Gasteiger partial charge in [-0.2, -0.15) is 0 Å². The number of amides is 2. The van der Waals surface area contributed by atoms with Gasteiger partial charge in [-0.25, -0.2) is 9.78 Å². The predicted molar refractivity (Wildman–Crippen MR) is 74.9 cm³/mol. The van der Waals surface area contributed by atoms with Crippen LogP contribution in [-0.2, 0) is 17.8 Å². The average molecular weight is 289 g/mol. The molecule has 2 amide bonds. The van der Waals surface area contributed by atoms with Crippen molar-refractivity contribution in [1.29, 1.82) is 0 Å². The lowest BCUT2D eigenvalue weighted by Gasteiger charge is -2.06. The van der Waals surface area contributed by atoms with E-state index in [9.17, 15) is 9.59 Å². The highest BCUT2D eigenvalue weighted by molar-refractivity contribution is 5.89. The summed E-state index contributed by atoms with van der Waals surface area (Å²) in [5.41, 5.74) is 1.24. The summed E-state index contributed by atoms with van der Waals surface area (Å²) in [6.07, 6.45) is 1.53. The zero-order chi connectivity index (χ0) is 15.2. The number of benzene rings is 1. The maximum atomic E-state index is 11.7. The number of carboxylic acid groups (broad SMARTS) is 1. The fourth-order valence-electron chi connectivity index (χ4n) is 1.69. The Kier molecular flexibility index (Phi) is 4.55. The number of oxazole rings is 1. The Morgan fingerprint density at radius 2 is 2.00 bits per heavy atom. The zero-order valence-corrected chi connectivity index (χ0v) is 11.4. The van der Waals surface area contributed by atoms with E-state index < -0.39 is 12.0 Å². The third kappa shape index (κ3) is 4.64. The molecule has 3 N–H and O–H groups in total. The fraction of sp³-hybridized carbons (Fsp3) is 0.214. The number of aliphatic carboxylic acids is 1. The van der Waals surface area contributed by atoms with E-state index in [0.717, 1.165) is 0 Å². The lowest BCUT2D eigenvalue weighted by atomic mass is 10.1. The van der Waals surface area contributed by atoms with E-state index >= 15 is 0 Å². The number of hydrogen-bond donors (Lipinski definition) is 3. The molecule has 0 radical (unpaired) electrons. The molecule has 2 aromatic rings. The molecule has 1 heterocycles. The van der Waals surface area contributed by atoms with Crippen molar-refractivity contribution in [3.63, 3.8) is 0 Å². The third-order valence-corrected chi connectivity index (χ3v) is 2.64. The lowest BCUT2D eigenvalue weighted by molar-refractivity contribution is -0.136. The number of carbonyl (C=O) groups is 2.